The SMILES string of the molecule is Cc1c(CN2CCC(C(=O)O)(n3ccnc3)CC2)[nH]c2ccc(F)cc12. The number of nitrogens with zero attached hydrogens (tertiary/aromatic N) is 3. The maximum absolute atomic E-state index is 13.5. The highest BCUT2D eigenvalue weighted by atomic mass is 19.1. The van der Waals surface area contributed by atoms with E-state index >= 15 is 0 Å². The first kappa shape index (κ1) is 16.8. The first-order valence-electron chi connectivity index (χ1n) is 8.70. The molecule has 1 saturated heterocycles. The lowest BCUT2D eigenvalue weighted by Gasteiger charge is -2.39. The Bertz CT molecular complexity index is 940. The zero-order valence-electron chi connectivity index (χ0n) is 14.6. The van der Waals surface area contributed by atoms with Crippen LogP contribution in [0.1, 0.15) is 24.1 Å². The fourth-order valence-electron chi connectivity index (χ4n) is 3.91. The largest absolute Gasteiger partial charge is 0.479 e. The van der Waals surface area contributed by atoms with Crippen molar-refractivity contribution < 1.29 is 14.3 Å². The molecule has 1 fully saturated rings. The molecule has 0 atom stereocenters. The lowest BCUT2D eigenvalue weighted by Crippen LogP contribution is -2.50. The number of aromatic nitrogens is 3. The quantitative estimate of drug-likeness (QED) is 0.754. The highest BCUT2D eigenvalue weighted by Gasteiger charge is 2.43. The molecule has 1 aliphatic rings. The van der Waals surface area contributed by atoms with Gasteiger partial charge in [0.25, 0.3) is 0 Å². The number of piperidine rings is 1. The summed E-state index contributed by atoms with van der Waals surface area (Å²) in [6.07, 6.45) is 5.96. The summed E-state index contributed by atoms with van der Waals surface area (Å²) in [5, 5.41) is 10.7. The third-order valence-electron chi connectivity index (χ3n) is 5.59. The van der Waals surface area contributed by atoms with Gasteiger partial charge in [-0.15, -0.1) is 0 Å². The van der Waals surface area contributed by atoms with Crippen molar-refractivity contribution in [1.82, 2.24) is 19.4 Å². The van der Waals surface area contributed by atoms with E-state index < -0.39 is 11.5 Å². The fourth-order valence-corrected chi connectivity index (χ4v) is 3.91. The number of rotatable bonds is 4. The Kier molecular flexibility index (Phi) is 4.03. The van der Waals surface area contributed by atoms with Crippen LogP contribution in [0.5, 0.6) is 0 Å². The van der Waals surface area contributed by atoms with Gasteiger partial charge in [0.2, 0.25) is 0 Å². The Hall–Kier alpha value is -2.67. The van der Waals surface area contributed by atoms with E-state index in [-0.39, 0.29) is 5.82 Å². The Morgan fingerprint density at radius 3 is 2.81 bits per heavy atom. The molecule has 0 unspecified atom stereocenters. The van der Waals surface area contributed by atoms with Crippen molar-refractivity contribution in [3.63, 3.8) is 0 Å². The van der Waals surface area contributed by atoms with Crippen molar-refractivity contribution in [1.29, 1.82) is 0 Å². The number of fused-ring (bicyclic) bond motifs is 1. The number of halogens is 1. The topological polar surface area (TPSA) is 74.2 Å². The molecule has 4 rings (SSSR count). The molecule has 3 aromatic rings. The summed E-state index contributed by atoms with van der Waals surface area (Å²) in [5.74, 6) is -1.05. The maximum atomic E-state index is 13.5. The van der Waals surface area contributed by atoms with Gasteiger partial charge in [-0.25, -0.2) is 14.2 Å². The van der Waals surface area contributed by atoms with Gasteiger partial charge in [-0.2, -0.15) is 0 Å². The number of aliphatic carboxylic acids is 1. The Morgan fingerprint density at radius 2 is 2.15 bits per heavy atom. The van der Waals surface area contributed by atoms with Gasteiger partial charge in [0.1, 0.15) is 11.4 Å². The van der Waals surface area contributed by atoms with Gasteiger partial charge in [0.05, 0.1) is 6.33 Å². The number of hydrogen-bond acceptors (Lipinski definition) is 3. The number of H-pyrrole nitrogens is 1. The van der Waals surface area contributed by atoms with Crippen LogP contribution in [0.2, 0.25) is 0 Å². The average Bonchev–Trinajstić information content (AvgIpc) is 3.26. The zero-order chi connectivity index (χ0) is 18.3. The second-order valence-electron chi connectivity index (χ2n) is 7.00. The minimum atomic E-state index is -0.925. The number of carbonyl (C=O) groups is 1. The number of carboxylic acid groups (broad SMARTS) is 1. The second kappa shape index (κ2) is 6.25. The molecular weight excluding hydrogens is 335 g/mol. The monoisotopic (exact) mass is 356 g/mol. The summed E-state index contributed by atoms with van der Waals surface area (Å²) < 4.78 is 15.2. The van der Waals surface area contributed by atoms with Crippen LogP contribution in [0.15, 0.2) is 36.9 Å². The minimum absolute atomic E-state index is 0.240. The van der Waals surface area contributed by atoms with Crippen LogP contribution in [0.4, 0.5) is 4.39 Å². The lowest BCUT2D eigenvalue weighted by atomic mass is 9.87. The van der Waals surface area contributed by atoms with Crippen molar-refractivity contribution in [3.8, 4) is 0 Å². The molecule has 0 amide bonds. The molecule has 2 N–H and O–H groups in total. The van der Waals surface area contributed by atoms with Crippen molar-refractivity contribution in [3.05, 3.63) is 54.0 Å². The van der Waals surface area contributed by atoms with E-state index in [0.29, 0.717) is 32.5 Å². The lowest BCUT2D eigenvalue weighted by molar-refractivity contribution is -0.150. The number of likely N-dealkylation sites (tertiary alicyclic amines) is 1. The van der Waals surface area contributed by atoms with Gasteiger partial charge in [-0.3, -0.25) is 4.90 Å². The van der Waals surface area contributed by atoms with Gasteiger partial charge < -0.3 is 14.7 Å². The number of benzene rings is 1. The van der Waals surface area contributed by atoms with E-state index in [9.17, 15) is 14.3 Å². The second-order valence-corrected chi connectivity index (χ2v) is 7.00. The van der Waals surface area contributed by atoms with Crippen molar-refractivity contribution in [2.45, 2.75) is 31.8 Å². The molecule has 0 bridgehead atoms. The smallest absolute Gasteiger partial charge is 0.330 e. The average molecular weight is 356 g/mol. The number of hydrogen-bond donors (Lipinski definition) is 2. The Morgan fingerprint density at radius 1 is 1.38 bits per heavy atom. The summed E-state index contributed by atoms with van der Waals surface area (Å²) >= 11 is 0. The van der Waals surface area contributed by atoms with Gasteiger partial charge in [-0.1, -0.05) is 0 Å². The number of aromatic amines is 1. The van der Waals surface area contributed by atoms with Crippen molar-refractivity contribution in [2.24, 2.45) is 0 Å². The van der Waals surface area contributed by atoms with Crippen LogP contribution in [-0.4, -0.2) is 43.6 Å². The van der Waals surface area contributed by atoms with Crippen LogP contribution in [0.25, 0.3) is 10.9 Å². The molecule has 0 aliphatic carbocycles. The summed E-state index contributed by atoms with van der Waals surface area (Å²) in [6.45, 7) is 4.04. The summed E-state index contributed by atoms with van der Waals surface area (Å²) in [7, 11) is 0. The van der Waals surface area contributed by atoms with Crippen LogP contribution in [0, 0.1) is 12.7 Å². The normalized spacial score (nSPS) is 17.6. The molecule has 1 aromatic carbocycles. The predicted molar refractivity (Wildman–Crippen MR) is 95.3 cm³/mol. The minimum Gasteiger partial charge on any atom is -0.479 e. The molecule has 1 aliphatic heterocycles. The summed E-state index contributed by atoms with van der Waals surface area (Å²) in [5.41, 5.74) is 2.10. The van der Waals surface area contributed by atoms with Crippen LogP contribution in [0.3, 0.4) is 0 Å². The van der Waals surface area contributed by atoms with E-state index in [1.807, 2.05) is 6.92 Å². The van der Waals surface area contributed by atoms with Crippen LogP contribution in [-0.2, 0) is 16.9 Å². The van der Waals surface area contributed by atoms with Crippen LogP contribution < -0.4 is 0 Å². The highest BCUT2D eigenvalue weighted by molar-refractivity contribution is 5.84. The molecule has 0 spiro atoms. The summed E-state index contributed by atoms with van der Waals surface area (Å²) in [4.78, 5) is 21.6. The third kappa shape index (κ3) is 2.68. The van der Waals surface area contributed by atoms with Gasteiger partial charge in [0, 0.05) is 48.6 Å². The molecule has 26 heavy (non-hydrogen) atoms. The molecule has 136 valence electrons. The predicted octanol–water partition coefficient (Wildman–Crippen LogP) is 2.89. The first-order chi connectivity index (χ1) is 12.5. The number of imidazole rings is 1. The Balaban J connectivity index is 1.52. The van der Waals surface area contributed by atoms with Crippen LogP contribution >= 0.6 is 0 Å². The fraction of sp³-hybridized carbons (Fsp3) is 0.368. The summed E-state index contributed by atoms with van der Waals surface area (Å²) in [6, 6.07) is 4.76. The molecule has 3 heterocycles. The van der Waals surface area contributed by atoms with Crippen molar-refractivity contribution >= 4 is 16.9 Å². The van der Waals surface area contributed by atoms with E-state index in [4.69, 9.17) is 0 Å². The number of nitrogens with one attached hydrogen (secondary N) is 1. The van der Waals surface area contributed by atoms with E-state index in [0.717, 1.165) is 22.2 Å². The number of carboxylic acids is 1. The van der Waals surface area contributed by atoms with Crippen molar-refractivity contribution in [2.75, 3.05) is 13.1 Å². The first-order valence-corrected chi connectivity index (χ1v) is 8.70. The molecule has 0 saturated carbocycles. The Labute approximate surface area is 150 Å². The molecule has 6 nitrogen and oxygen atoms in total. The zero-order valence-corrected chi connectivity index (χ0v) is 14.6. The molecule has 2 aromatic heterocycles. The standard InChI is InChI=1S/C19H21FN4O2/c1-13-15-10-14(20)2-3-16(15)22-17(13)11-23-7-4-19(5-8-23,18(25)26)24-9-6-21-12-24/h2-3,6,9-10,12,22H,4-5,7-8,11H2,1H3,(H,25,26). The highest BCUT2D eigenvalue weighted by Crippen LogP contribution is 2.32. The molecular formula is C19H21FN4O2. The third-order valence-corrected chi connectivity index (χ3v) is 5.59. The van der Waals surface area contributed by atoms with Gasteiger partial charge in [-0.05, 0) is 43.5 Å². The van der Waals surface area contributed by atoms with E-state index in [1.165, 1.54) is 6.07 Å². The van der Waals surface area contributed by atoms with E-state index in [1.54, 1.807) is 35.4 Å². The molecule has 7 heteroatoms. The number of aryl methyl sites for hydroxylation is 1. The maximum Gasteiger partial charge on any atom is 0.330 e. The molecule has 0 radical (unpaired) electrons. The van der Waals surface area contributed by atoms with Gasteiger partial charge >= 0.3 is 5.97 Å². The van der Waals surface area contributed by atoms with Gasteiger partial charge in [0.15, 0.2) is 0 Å². The van der Waals surface area contributed by atoms with E-state index in [2.05, 4.69) is 14.9 Å².